The van der Waals surface area contributed by atoms with Crippen LogP contribution in [0.15, 0.2) is 48.5 Å². The minimum atomic E-state index is -1.47. The minimum Gasteiger partial charge on any atom is -0.466 e. The molecule has 7 nitrogen and oxygen atoms in total. The molecule has 1 saturated heterocycles. The standard InChI is InChI=1S/C24H27F2N3O4/c25-19-12-11-18(15-20(19)26)33-23-22(31)29(14-13-28(23)17-9-5-2-6-10-17)24(32)27-21(30)16-7-3-1-4-8-16/h2,5-6,9-12,15-16,22-23,31H,1,3-4,7-8,13-14H2,(H,27,30,32). The van der Waals surface area contributed by atoms with E-state index in [1.807, 2.05) is 30.3 Å². The zero-order valence-electron chi connectivity index (χ0n) is 18.1. The predicted molar refractivity (Wildman–Crippen MR) is 117 cm³/mol. The van der Waals surface area contributed by atoms with Crippen molar-refractivity contribution in [3.05, 3.63) is 60.2 Å². The smallest absolute Gasteiger partial charge is 0.326 e. The van der Waals surface area contributed by atoms with Crippen LogP contribution in [0, 0.1) is 17.6 Å². The van der Waals surface area contributed by atoms with Crippen LogP contribution in [-0.2, 0) is 4.79 Å². The topological polar surface area (TPSA) is 82.1 Å². The molecule has 1 heterocycles. The van der Waals surface area contributed by atoms with Gasteiger partial charge in [-0.25, -0.2) is 13.6 Å². The van der Waals surface area contributed by atoms with Crippen molar-refractivity contribution < 1.29 is 28.2 Å². The van der Waals surface area contributed by atoms with E-state index in [4.69, 9.17) is 4.74 Å². The Hall–Kier alpha value is -3.20. The fraction of sp³-hybridized carbons (Fsp3) is 0.417. The molecule has 4 rings (SSSR count). The van der Waals surface area contributed by atoms with E-state index in [2.05, 4.69) is 5.32 Å². The molecule has 2 N–H and O–H groups in total. The first-order valence-corrected chi connectivity index (χ1v) is 11.2. The lowest BCUT2D eigenvalue weighted by Gasteiger charge is -2.45. The maximum Gasteiger partial charge on any atom is 0.326 e. The molecule has 9 heteroatoms. The number of ether oxygens (including phenoxy) is 1. The summed E-state index contributed by atoms with van der Waals surface area (Å²) in [7, 11) is 0. The van der Waals surface area contributed by atoms with Crippen LogP contribution in [0.1, 0.15) is 32.1 Å². The molecule has 1 saturated carbocycles. The number of piperazine rings is 1. The lowest BCUT2D eigenvalue weighted by atomic mass is 9.89. The summed E-state index contributed by atoms with van der Waals surface area (Å²) in [6.45, 7) is 0.429. The number of aliphatic hydroxyl groups is 1. The number of amides is 3. The van der Waals surface area contributed by atoms with Gasteiger partial charge in [0.25, 0.3) is 0 Å². The van der Waals surface area contributed by atoms with Gasteiger partial charge in [0.1, 0.15) is 5.75 Å². The van der Waals surface area contributed by atoms with Gasteiger partial charge in [0, 0.05) is 30.8 Å². The Morgan fingerprint density at radius 2 is 1.70 bits per heavy atom. The third-order valence-electron chi connectivity index (χ3n) is 6.17. The summed E-state index contributed by atoms with van der Waals surface area (Å²) in [5, 5.41) is 13.5. The Morgan fingerprint density at radius 1 is 0.970 bits per heavy atom. The number of nitrogens with zero attached hydrogens (tertiary/aromatic N) is 2. The number of rotatable bonds is 4. The van der Waals surface area contributed by atoms with Crippen molar-refractivity contribution >= 4 is 17.6 Å². The SMILES string of the molecule is O=C(NC(=O)N1CCN(c2ccccc2)C(Oc2ccc(F)c(F)c2)C1O)C1CCCCC1. The molecule has 2 aliphatic rings. The maximum absolute atomic E-state index is 13.7. The molecule has 2 fully saturated rings. The average Bonchev–Trinajstić information content (AvgIpc) is 2.83. The molecule has 0 radical (unpaired) electrons. The summed E-state index contributed by atoms with van der Waals surface area (Å²) >= 11 is 0. The third kappa shape index (κ3) is 5.24. The molecule has 2 aromatic carbocycles. The number of nitrogens with one attached hydrogen (secondary N) is 1. The quantitative estimate of drug-likeness (QED) is 0.730. The molecule has 0 bridgehead atoms. The van der Waals surface area contributed by atoms with Crippen molar-refractivity contribution in [1.82, 2.24) is 10.2 Å². The number of anilines is 1. The van der Waals surface area contributed by atoms with Crippen LogP contribution in [0.3, 0.4) is 0 Å². The highest BCUT2D eigenvalue weighted by Crippen LogP contribution is 2.28. The van der Waals surface area contributed by atoms with Gasteiger partial charge in [-0.3, -0.25) is 15.0 Å². The van der Waals surface area contributed by atoms with E-state index in [0.29, 0.717) is 6.54 Å². The van der Waals surface area contributed by atoms with Crippen LogP contribution in [0.25, 0.3) is 0 Å². The van der Waals surface area contributed by atoms with Crippen molar-refractivity contribution in [2.75, 3.05) is 18.0 Å². The van der Waals surface area contributed by atoms with E-state index in [-0.39, 0.29) is 24.1 Å². The van der Waals surface area contributed by atoms with E-state index >= 15 is 0 Å². The number of imide groups is 1. The lowest BCUT2D eigenvalue weighted by Crippen LogP contribution is -2.65. The number of halogens is 2. The molecule has 33 heavy (non-hydrogen) atoms. The first-order valence-electron chi connectivity index (χ1n) is 11.2. The number of aliphatic hydroxyl groups excluding tert-OH is 1. The zero-order valence-corrected chi connectivity index (χ0v) is 18.1. The highest BCUT2D eigenvalue weighted by molar-refractivity contribution is 5.95. The van der Waals surface area contributed by atoms with Gasteiger partial charge in [-0.1, -0.05) is 37.5 Å². The van der Waals surface area contributed by atoms with Crippen LogP contribution in [0.5, 0.6) is 5.75 Å². The van der Waals surface area contributed by atoms with Gasteiger partial charge in [0.15, 0.2) is 17.9 Å². The van der Waals surface area contributed by atoms with Crippen LogP contribution >= 0.6 is 0 Å². The van der Waals surface area contributed by atoms with Gasteiger partial charge in [0.05, 0.1) is 0 Å². The zero-order chi connectivity index (χ0) is 23.4. The second kappa shape index (κ2) is 10.2. The number of benzene rings is 2. The summed E-state index contributed by atoms with van der Waals surface area (Å²) in [5.74, 6) is -2.65. The molecular formula is C24H27F2N3O4. The molecular weight excluding hydrogens is 432 g/mol. The van der Waals surface area contributed by atoms with Gasteiger partial charge in [-0.15, -0.1) is 0 Å². The van der Waals surface area contributed by atoms with Crippen molar-refractivity contribution in [3.8, 4) is 5.75 Å². The van der Waals surface area contributed by atoms with Crippen LogP contribution in [0.2, 0.25) is 0 Å². The molecule has 2 atom stereocenters. The van der Waals surface area contributed by atoms with E-state index in [0.717, 1.165) is 54.8 Å². The highest BCUT2D eigenvalue weighted by Gasteiger charge is 2.40. The van der Waals surface area contributed by atoms with E-state index in [1.54, 1.807) is 4.90 Å². The van der Waals surface area contributed by atoms with Crippen molar-refractivity contribution in [2.24, 2.45) is 5.92 Å². The monoisotopic (exact) mass is 459 g/mol. The third-order valence-corrected chi connectivity index (χ3v) is 6.17. The Morgan fingerprint density at radius 3 is 2.39 bits per heavy atom. The largest absolute Gasteiger partial charge is 0.466 e. The molecule has 1 aliphatic carbocycles. The Bertz CT molecular complexity index is 985. The van der Waals surface area contributed by atoms with E-state index in [1.165, 1.54) is 6.07 Å². The van der Waals surface area contributed by atoms with Crippen molar-refractivity contribution in [1.29, 1.82) is 0 Å². The normalized spacial score (nSPS) is 21.5. The highest BCUT2D eigenvalue weighted by atomic mass is 19.2. The van der Waals surface area contributed by atoms with E-state index < -0.39 is 30.1 Å². The predicted octanol–water partition coefficient (Wildman–Crippen LogP) is 3.63. The van der Waals surface area contributed by atoms with Gasteiger partial charge in [-0.2, -0.15) is 0 Å². The fourth-order valence-corrected chi connectivity index (χ4v) is 4.37. The van der Waals surface area contributed by atoms with Crippen LogP contribution < -0.4 is 15.0 Å². The fourth-order valence-electron chi connectivity index (χ4n) is 4.37. The second-order valence-electron chi connectivity index (χ2n) is 8.35. The summed E-state index contributed by atoms with van der Waals surface area (Å²) in [6, 6.07) is 11.5. The summed E-state index contributed by atoms with van der Waals surface area (Å²) in [4.78, 5) is 28.2. The molecule has 2 unspecified atom stereocenters. The number of carbonyl (C=O) groups excluding carboxylic acids is 2. The molecule has 0 spiro atoms. The van der Waals surface area contributed by atoms with Crippen LogP contribution in [-0.4, -0.2) is 47.5 Å². The molecule has 3 amide bonds. The van der Waals surface area contributed by atoms with E-state index in [9.17, 15) is 23.5 Å². The number of para-hydroxylation sites is 1. The molecule has 176 valence electrons. The number of urea groups is 1. The first kappa shape index (κ1) is 23.0. The number of hydrogen-bond donors (Lipinski definition) is 2. The number of carbonyl (C=O) groups is 2. The second-order valence-corrected chi connectivity index (χ2v) is 8.35. The van der Waals surface area contributed by atoms with Gasteiger partial charge in [0.2, 0.25) is 12.1 Å². The lowest BCUT2D eigenvalue weighted by molar-refractivity contribution is -0.125. The summed E-state index contributed by atoms with van der Waals surface area (Å²) in [5.41, 5.74) is 0.725. The maximum atomic E-state index is 13.7. The molecule has 2 aromatic rings. The van der Waals surface area contributed by atoms with Gasteiger partial charge in [-0.05, 0) is 37.1 Å². The Balaban J connectivity index is 1.53. The molecule has 1 aliphatic heterocycles. The van der Waals surface area contributed by atoms with Crippen LogP contribution in [0.4, 0.5) is 19.3 Å². The first-order chi connectivity index (χ1) is 15.9. The Kier molecular flexibility index (Phi) is 7.08. The van der Waals surface area contributed by atoms with Gasteiger partial charge < -0.3 is 14.7 Å². The number of hydrogen-bond acceptors (Lipinski definition) is 5. The van der Waals surface area contributed by atoms with Crippen molar-refractivity contribution in [2.45, 2.75) is 44.6 Å². The van der Waals surface area contributed by atoms with Crippen molar-refractivity contribution in [3.63, 3.8) is 0 Å². The average molecular weight is 459 g/mol. The summed E-state index contributed by atoms with van der Waals surface area (Å²) < 4.78 is 32.9. The Labute approximate surface area is 190 Å². The minimum absolute atomic E-state index is 0.000536. The van der Waals surface area contributed by atoms with Gasteiger partial charge >= 0.3 is 6.03 Å². The summed E-state index contributed by atoms with van der Waals surface area (Å²) in [6.07, 6.45) is 1.90. The molecule has 0 aromatic heterocycles.